The number of rotatable bonds is 8. The second-order valence-corrected chi connectivity index (χ2v) is 7.23. The minimum atomic E-state index is 0.176. The van der Waals surface area contributed by atoms with Crippen molar-refractivity contribution in [1.82, 2.24) is 4.98 Å². The molecule has 0 unspecified atom stereocenters. The first-order chi connectivity index (χ1) is 13.7. The van der Waals surface area contributed by atoms with Crippen LogP contribution in [0.2, 0.25) is 0 Å². The fraction of sp³-hybridized carbons (Fsp3) is 0.143. The van der Waals surface area contributed by atoms with Crippen molar-refractivity contribution in [2.24, 2.45) is 5.10 Å². The van der Waals surface area contributed by atoms with Gasteiger partial charge in [-0.3, -0.25) is 5.43 Å². The van der Waals surface area contributed by atoms with Gasteiger partial charge in [0.2, 0.25) is 5.13 Å². The molecule has 0 saturated carbocycles. The van der Waals surface area contributed by atoms with E-state index in [0.29, 0.717) is 23.2 Å². The maximum atomic E-state index is 5.64. The fourth-order valence-corrected chi connectivity index (χ4v) is 3.47. The number of hydrazone groups is 1. The standard InChI is InChI=1S/C21H18BrN3O2S/c1-3-10-27-20-12-17(22)16(11-19(20)26-4-2)13-23-25-21-24-18(14-28-21)15-8-6-5-7-9-15/h1,5-9,11-14H,4,10H2,2H3,(H,24,25). The summed E-state index contributed by atoms with van der Waals surface area (Å²) in [6.45, 7) is 2.61. The molecule has 1 aromatic heterocycles. The quantitative estimate of drug-likeness (QED) is 0.279. The molecule has 3 aromatic rings. The number of ether oxygens (including phenoxy) is 2. The molecule has 2 aromatic carbocycles. The first-order valence-corrected chi connectivity index (χ1v) is 10.2. The Bertz CT molecular complexity index is 997. The van der Waals surface area contributed by atoms with E-state index in [0.717, 1.165) is 21.3 Å². The molecule has 28 heavy (non-hydrogen) atoms. The van der Waals surface area contributed by atoms with E-state index in [1.165, 1.54) is 11.3 Å². The average molecular weight is 456 g/mol. The van der Waals surface area contributed by atoms with Gasteiger partial charge in [0.1, 0.15) is 6.61 Å². The van der Waals surface area contributed by atoms with Crippen LogP contribution in [0.5, 0.6) is 11.5 Å². The van der Waals surface area contributed by atoms with Crippen LogP contribution >= 0.6 is 27.3 Å². The monoisotopic (exact) mass is 455 g/mol. The topological polar surface area (TPSA) is 55.7 Å². The van der Waals surface area contributed by atoms with Gasteiger partial charge in [0.25, 0.3) is 0 Å². The van der Waals surface area contributed by atoms with Crippen LogP contribution in [0.1, 0.15) is 12.5 Å². The molecule has 0 bridgehead atoms. The molecule has 142 valence electrons. The highest BCUT2D eigenvalue weighted by molar-refractivity contribution is 9.10. The predicted octanol–water partition coefficient (Wildman–Crippen LogP) is 5.43. The van der Waals surface area contributed by atoms with Crippen LogP contribution in [0, 0.1) is 12.3 Å². The lowest BCUT2D eigenvalue weighted by Gasteiger charge is -2.12. The third kappa shape index (κ3) is 5.12. The Morgan fingerprint density at radius 3 is 2.79 bits per heavy atom. The smallest absolute Gasteiger partial charge is 0.203 e. The summed E-state index contributed by atoms with van der Waals surface area (Å²) in [6, 6.07) is 13.7. The van der Waals surface area contributed by atoms with E-state index < -0.39 is 0 Å². The van der Waals surface area contributed by atoms with Gasteiger partial charge in [-0.25, -0.2) is 4.98 Å². The highest BCUT2D eigenvalue weighted by Crippen LogP contribution is 2.33. The molecular weight excluding hydrogens is 438 g/mol. The van der Waals surface area contributed by atoms with E-state index >= 15 is 0 Å². The van der Waals surface area contributed by atoms with Crippen molar-refractivity contribution >= 4 is 38.6 Å². The number of hydrogen-bond acceptors (Lipinski definition) is 6. The molecule has 7 heteroatoms. The third-order valence-electron chi connectivity index (χ3n) is 3.61. The molecule has 0 amide bonds. The largest absolute Gasteiger partial charge is 0.490 e. The van der Waals surface area contributed by atoms with Crippen molar-refractivity contribution in [2.75, 3.05) is 18.6 Å². The molecule has 0 atom stereocenters. The average Bonchev–Trinajstić information content (AvgIpc) is 3.19. The Morgan fingerprint density at radius 2 is 2.04 bits per heavy atom. The van der Waals surface area contributed by atoms with Gasteiger partial charge in [-0.15, -0.1) is 17.8 Å². The van der Waals surface area contributed by atoms with Gasteiger partial charge >= 0.3 is 0 Å². The summed E-state index contributed by atoms with van der Waals surface area (Å²) in [6.07, 6.45) is 6.96. The van der Waals surface area contributed by atoms with Crippen LogP contribution in [0.15, 0.2) is 57.4 Å². The minimum absolute atomic E-state index is 0.176. The SMILES string of the molecule is C#CCOc1cc(Br)c(C=NNc2nc(-c3ccccc3)cs2)cc1OCC. The van der Waals surface area contributed by atoms with E-state index in [1.807, 2.05) is 54.8 Å². The zero-order valence-electron chi connectivity index (χ0n) is 15.2. The number of nitrogens with one attached hydrogen (secondary N) is 1. The summed E-state index contributed by atoms with van der Waals surface area (Å²) in [5.41, 5.74) is 5.79. The van der Waals surface area contributed by atoms with Crippen molar-refractivity contribution in [1.29, 1.82) is 0 Å². The normalized spacial score (nSPS) is 10.6. The van der Waals surface area contributed by atoms with Crippen molar-refractivity contribution in [3.05, 3.63) is 57.9 Å². The molecule has 5 nitrogen and oxygen atoms in total. The van der Waals surface area contributed by atoms with Gasteiger partial charge in [0, 0.05) is 21.0 Å². The zero-order valence-corrected chi connectivity index (χ0v) is 17.6. The molecule has 0 spiro atoms. The molecule has 0 aliphatic rings. The molecule has 0 fully saturated rings. The van der Waals surface area contributed by atoms with Crippen molar-refractivity contribution in [2.45, 2.75) is 6.92 Å². The summed E-state index contributed by atoms with van der Waals surface area (Å²) in [7, 11) is 0. The Hall–Kier alpha value is -2.82. The first kappa shape index (κ1) is 19.9. The van der Waals surface area contributed by atoms with Crippen LogP contribution in [0.4, 0.5) is 5.13 Å². The summed E-state index contributed by atoms with van der Waals surface area (Å²) < 4.78 is 12.0. The van der Waals surface area contributed by atoms with Crippen molar-refractivity contribution < 1.29 is 9.47 Å². The van der Waals surface area contributed by atoms with E-state index in [-0.39, 0.29) is 6.61 Å². The van der Waals surface area contributed by atoms with Gasteiger partial charge < -0.3 is 9.47 Å². The first-order valence-electron chi connectivity index (χ1n) is 8.54. The molecule has 1 N–H and O–H groups in total. The van der Waals surface area contributed by atoms with Crippen molar-refractivity contribution in [3.8, 4) is 35.1 Å². The molecule has 0 aliphatic carbocycles. The van der Waals surface area contributed by atoms with Crippen LogP contribution in [0.3, 0.4) is 0 Å². The van der Waals surface area contributed by atoms with Gasteiger partial charge in [0.15, 0.2) is 11.5 Å². The zero-order chi connectivity index (χ0) is 19.8. The Labute approximate surface area is 176 Å². The molecular formula is C21H18BrN3O2S. The lowest BCUT2D eigenvalue weighted by atomic mass is 10.2. The second kappa shape index (κ2) is 9.93. The molecule has 0 radical (unpaired) electrons. The van der Waals surface area contributed by atoms with E-state index in [2.05, 4.69) is 37.4 Å². The number of halogens is 1. The minimum Gasteiger partial charge on any atom is -0.490 e. The molecule has 3 rings (SSSR count). The third-order valence-corrected chi connectivity index (χ3v) is 5.05. The maximum absolute atomic E-state index is 5.64. The number of benzene rings is 2. The van der Waals surface area contributed by atoms with Crippen LogP contribution in [-0.4, -0.2) is 24.4 Å². The van der Waals surface area contributed by atoms with E-state index in [9.17, 15) is 0 Å². The van der Waals surface area contributed by atoms with Gasteiger partial charge in [-0.05, 0) is 35.0 Å². The Morgan fingerprint density at radius 1 is 1.25 bits per heavy atom. The van der Waals surface area contributed by atoms with Crippen LogP contribution < -0.4 is 14.9 Å². The van der Waals surface area contributed by atoms with E-state index in [4.69, 9.17) is 15.9 Å². The summed E-state index contributed by atoms with van der Waals surface area (Å²) in [4.78, 5) is 4.55. The van der Waals surface area contributed by atoms with Crippen molar-refractivity contribution in [3.63, 3.8) is 0 Å². The lowest BCUT2D eigenvalue weighted by Crippen LogP contribution is -2.01. The molecule has 1 heterocycles. The number of terminal acetylenes is 1. The number of hydrogen-bond donors (Lipinski definition) is 1. The van der Waals surface area contributed by atoms with E-state index in [1.54, 1.807) is 6.21 Å². The molecule has 0 aliphatic heterocycles. The highest BCUT2D eigenvalue weighted by atomic mass is 79.9. The maximum Gasteiger partial charge on any atom is 0.203 e. The number of aromatic nitrogens is 1. The summed E-state index contributed by atoms with van der Waals surface area (Å²) in [5.74, 6) is 3.65. The van der Waals surface area contributed by atoms with Crippen LogP contribution in [0.25, 0.3) is 11.3 Å². The molecule has 0 saturated heterocycles. The second-order valence-electron chi connectivity index (χ2n) is 5.52. The predicted molar refractivity (Wildman–Crippen MR) is 118 cm³/mol. The number of anilines is 1. The van der Waals surface area contributed by atoms with Gasteiger partial charge in [0.05, 0.1) is 18.5 Å². The Kier molecular flexibility index (Phi) is 7.06. The van der Waals surface area contributed by atoms with Crippen LogP contribution in [-0.2, 0) is 0 Å². The number of thiazole rings is 1. The highest BCUT2D eigenvalue weighted by Gasteiger charge is 2.10. The number of nitrogens with zero attached hydrogens (tertiary/aromatic N) is 2. The lowest BCUT2D eigenvalue weighted by molar-refractivity contribution is 0.299. The Balaban J connectivity index is 1.72. The van der Waals surface area contributed by atoms with Gasteiger partial charge in [-0.2, -0.15) is 5.10 Å². The fourth-order valence-electron chi connectivity index (χ4n) is 2.37. The van der Waals surface area contributed by atoms with Gasteiger partial charge in [-0.1, -0.05) is 36.3 Å². The summed E-state index contributed by atoms with van der Waals surface area (Å²) >= 11 is 5.02. The summed E-state index contributed by atoms with van der Waals surface area (Å²) in [5, 5.41) is 6.99.